The topological polar surface area (TPSA) is 77.8 Å². The summed E-state index contributed by atoms with van der Waals surface area (Å²) in [5.41, 5.74) is 4.34. The minimum absolute atomic E-state index is 0.136. The molecule has 5 aromatic rings. The van der Waals surface area contributed by atoms with Crippen LogP contribution in [0.5, 0.6) is 11.5 Å². The Morgan fingerprint density at radius 1 is 1.00 bits per heavy atom. The van der Waals surface area contributed by atoms with Crippen LogP contribution in [0.2, 0.25) is 0 Å². The molecule has 0 radical (unpaired) electrons. The van der Waals surface area contributed by atoms with Crippen LogP contribution < -0.4 is 14.8 Å². The molecule has 3 heterocycles. The Morgan fingerprint density at radius 3 is 2.64 bits per heavy atom. The van der Waals surface area contributed by atoms with Gasteiger partial charge in [-0.15, -0.1) is 22.7 Å². The summed E-state index contributed by atoms with van der Waals surface area (Å²) in [6.07, 6.45) is 2.20. The van der Waals surface area contributed by atoms with Gasteiger partial charge in [-0.1, -0.05) is 30.3 Å². The van der Waals surface area contributed by atoms with Gasteiger partial charge in [-0.2, -0.15) is 0 Å². The third kappa shape index (κ3) is 4.33. The van der Waals surface area contributed by atoms with Gasteiger partial charge in [0.1, 0.15) is 11.5 Å². The number of hydrogen-bond acceptors (Lipinski definition) is 7. The molecule has 0 atom stereocenters. The number of ether oxygens (including phenoxy) is 2. The summed E-state index contributed by atoms with van der Waals surface area (Å²) < 4.78 is 12.7. The van der Waals surface area contributed by atoms with E-state index in [1.807, 2.05) is 69.9 Å². The fourth-order valence-electron chi connectivity index (χ4n) is 3.50. The third-order valence-corrected chi connectivity index (χ3v) is 6.77. The van der Waals surface area contributed by atoms with Crippen molar-refractivity contribution in [3.8, 4) is 34.0 Å². The highest BCUT2D eigenvalue weighted by Crippen LogP contribution is 2.35. The normalized spacial score (nSPS) is 11.0. The van der Waals surface area contributed by atoms with Crippen LogP contribution in [0, 0.1) is 0 Å². The number of anilines is 1. The van der Waals surface area contributed by atoms with Gasteiger partial charge in [-0.3, -0.25) is 9.20 Å². The fourth-order valence-corrected chi connectivity index (χ4v) is 5.10. The molecule has 0 spiro atoms. The highest BCUT2D eigenvalue weighted by Gasteiger charge is 2.16. The molecular formula is C24H20N4O3S2. The second-order valence-corrected chi connectivity index (χ2v) is 8.90. The fraction of sp³-hybridized carbons (Fsp3) is 0.125. The molecule has 0 saturated heterocycles. The molecule has 7 nitrogen and oxygen atoms in total. The second kappa shape index (κ2) is 9.05. The van der Waals surface area contributed by atoms with Gasteiger partial charge in [0.2, 0.25) is 5.91 Å². The van der Waals surface area contributed by atoms with Gasteiger partial charge >= 0.3 is 0 Å². The van der Waals surface area contributed by atoms with Crippen LogP contribution in [-0.4, -0.2) is 34.5 Å². The lowest BCUT2D eigenvalue weighted by Gasteiger charge is -2.08. The highest BCUT2D eigenvalue weighted by atomic mass is 32.1. The number of carbonyl (C=O) groups excluding carboxylic acids is 1. The first-order valence-electron chi connectivity index (χ1n) is 10.1. The van der Waals surface area contributed by atoms with Gasteiger partial charge in [0, 0.05) is 33.8 Å². The number of methoxy groups -OCH3 is 2. The van der Waals surface area contributed by atoms with Gasteiger partial charge in [0.15, 0.2) is 10.1 Å². The van der Waals surface area contributed by atoms with E-state index in [1.165, 1.54) is 22.7 Å². The Kier molecular flexibility index (Phi) is 5.80. The zero-order valence-corrected chi connectivity index (χ0v) is 19.6. The monoisotopic (exact) mass is 476 g/mol. The van der Waals surface area contributed by atoms with Crippen LogP contribution in [0.4, 0.5) is 5.13 Å². The van der Waals surface area contributed by atoms with Crippen molar-refractivity contribution in [1.82, 2.24) is 14.4 Å². The molecule has 166 valence electrons. The van der Waals surface area contributed by atoms with Crippen molar-refractivity contribution in [2.45, 2.75) is 6.42 Å². The number of amides is 1. The molecule has 0 unspecified atom stereocenters. The summed E-state index contributed by atoms with van der Waals surface area (Å²) in [6, 6.07) is 15.5. The van der Waals surface area contributed by atoms with Crippen molar-refractivity contribution in [2.24, 2.45) is 0 Å². The molecule has 33 heavy (non-hydrogen) atoms. The van der Waals surface area contributed by atoms with Crippen molar-refractivity contribution < 1.29 is 14.3 Å². The predicted octanol–water partition coefficient (Wildman–Crippen LogP) is 5.38. The number of nitrogens with one attached hydrogen (secondary N) is 1. The molecule has 0 fully saturated rings. The van der Waals surface area contributed by atoms with Crippen molar-refractivity contribution in [3.05, 3.63) is 71.2 Å². The lowest BCUT2D eigenvalue weighted by Crippen LogP contribution is -2.15. The van der Waals surface area contributed by atoms with E-state index in [1.54, 1.807) is 14.2 Å². The summed E-state index contributed by atoms with van der Waals surface area (Å²) in [5, 5.41) is 7.29. The SMILES string of the molecule is COc1ccc(OC)c(-c2csc(NC(=O)Cc3csc4nc(-c5ccccc5)cn34)n2)c1. The largest absolute Gasteiger partial charge is 0.497 e. The molecule has 3 aromatic heterocycles. The summed E-state index contributed by atoms with van der Waals surface area (Å²) in [4.78, 5) is 22.9. The van der Waals surface area contributed by atoms with Crippen LogP contribution in [0.25, 0.3) is 27.5 Å². The number of imidazole rings is 1. The lowest BCUT2D eigenvalue weighted by molar-refractivity contribution is -0.115. The maximum Gasteiger partial charge on any atom is 0.232 e. The minimum atomic E-state index is -0.136. The average molecular weight is 477 g/mol. The number of rotatable bonds is 7. The van der Waals surface area contributed by atoms with Crippen molar-refractivity contribution in [2.75, 3.05) is 19.5 Å². The standard InChI is InChI=1S/C24H20N4O3S2/c1-30-17-8-9-21(31-2)18(11-17)20-14-32-23(25-20)27-22(29)10-16-13-33-24-26-19(12-28(16)24)15-6-4-3-5-7-15/h3-9,11-14H,10H2,1-2H3,(H,25,27,29). The zero-order valence-electron chi connectivity index (χ0n) is 17.9. The number of thiazole rings is 2. The minimum Gasteiger partial charge on any atom is -0.497 e. The van der Waals surface area contributed by atoms with Gasteiger partial charge in [-0.05, 0) is 18.2 Å². The van der Waals surface area contributed by atoms with Gasteiger partial charge in [0.05, 0.1) is 32.0 Å². The number of hydrogen-bond donors (Lipinski definition) is 1. The first-order valence-corrected chi connectivity index (χ1v) is 11.9. The zero-order chi connectivity index (χ0) is 22.8. The molecule has 1 amide bonds. The van der Waals surface area contributed by atoms with Crippen LogP contribution in [0.15, 0.2) is 65.5 Å². The van der Waals surface area contributed by atoms with E-state index in [0.29, 0.717) is 22.3 Å². The first kappa shape index (κ1) is 21.2. The molecule has 0 aliphatic rings. The summed E-state index contributed by atoms with van der Waals surface area (Å²) in [7, 11) is 3.23. The molecule has 1 N–H and O–H groups in total. The molecule has 0 aliphatic heterocycles. The third-order valence-electron chi connectivity index (χ3n) is 5.13. The van der Waals surface area contributed by atoms with E-state index in [2.05, 4.69) is 15.3 Å². The molecule has 9 heteroatoms. The number of nitrogens with zero attached hydrogens (tertiary/aromatic N) is 3. The second-order valence-electron chi connectivity index (χ2n) is 7.20. The van der Waals surface area contributed by atoms with Crippen LogP contribution in [0.3, 0.4) is 0 Å². The Bertz CT molecular complexity index is 1420. The van der Waals surface area contributed by atoms with Crippen molar-refractivity contribution in [1.29, 1.82) is 0 Å². The van der Waals surface area contributed by atoms with E-state index in [9.17, 15) is 4.79 Å². The van der Waals surface area contributed by atoms with Crippen molar-refractivity contribution >= 4 is 38.7 Å². The van der Waals surface area contributed by atoms with E-state index in [-0.39, 0.29) is 12.3 Å². The Balaban J connectivity index is 1.32. The van der Waals surface area contributed by atoms with Gasteiger partial charge in [-0.25, -0.2) is 9.97 Å². The summed E-state index contributed by atoms with van der Waals surface area (Å²) in [6.45, 7) is 0. The molecule has 0 saturated carbocycles. The predicted molar refractivity (Wildman–Crippen MR) is 131 cm³/mol. The van der Waals surface area contributed by atoms with E-state index in [4.69, 9.17) is 9.47 Å². The molecule has 2 aromatic carbocycles. The maximum absolute atomic E-state index is 12.8. The van der Waals surface area contributed by atoms with Crippen LogP contribution in [-0.2, 0) is 11.2 Å². The van der Waals surface area contributed by atoms with E-state index >= 15 is 0 Å². The van der Waals surface area contributed by atoms with E-state index in [0.717, 1.165) is 27.5 Å². The Hall–Kier alpha value is -3.69. The maximum atomic E-state index is 12.8. The summed E-state index contributed by atoms with van der Waals surface area (Å²) >= 11 is 2.89. The average Bonchev–Trinajstić information content (AvgIpc) is 3.57. The number of aromatic nitrogens is 3. The lowest BCUT2D eigenvalue weighted by atomic mass is 10.1. The van der Waals surface area contributed by atoms with Gasteiger partial charge in [0.25, 0.3) is 0 Å². The van der Waals surface area contributed by atoms with Crippen LogP contribution in [0.1, 0.15) is 5.69 Å². The smallest absolute Gasteiger partial charge is 0.232 e. The number of benzene rings is 2. The molecule has 5 rings (SSSR count). The highest BCUT2D eigenvalue weighted by molar-refractivity contribution is 7.15. The van der Waals surface area contributed by atoms with Gasteiger partial charge < -0.3 is 14.8 Å². The Labute approximate surface area is 198 Å². The Morgan fingerprint density at radius 2 is 1.85 bits per heavy atom. The quantitative estimate of drug-likeness (QED) is 0.341. The first-order chi connectivity index (χ1) is 16.1. The summed E-state index contributed by atoms with van der Waals surface area (Å²) in [5.74, 6) is 1.26. The van der Waals surface area contributed by atoms with Crippen LogP contribution >= 0.6 is 22.7 Å². The number of carbonyl (C=O) groups is 1. The number of fused-ring (bicyclic) bond motifs is 1. The molecule has 0 bridgehead atoms. The molecular weight excluding hydrogens is 456 g/mol. The molecule has 0 aliphatic carbocycles. The van der Waals surface area contributed by atoms with E-state index < -0.39 is 0 Å². The van der Waals surface area contributed by atoms with Crippen molar-refractivity contribution in [3.63, 3.8) is 0 Å².